The van der Waals surface area contributed by atoms with E-state index in [-0.39, 0.29) is 37.1 Å². The molecule has 10 nitrogen and oxygen atoms in total. The molecule has 10 heteroatoms. The summed E-state index contributed by atoms with van der Waals surface area (Å²) >= 11 is 0. The van der Waals surface area contributed by atoms with E-state index in [1.54, 1.807) is 23.1 Å². The van der Waals surface area contributed by atoms with Crippen molar-refractivity contribution in [3.63, 3.8) is 0 Å². The first-order valence-electron chi connectivity index (χ1n) is 11.4. The maximum absolute atomic E-state index is 12.4. The number of rotatable bonds is 9. The minimum Gasteiger partial charge on any atom is -0.481 e. The minimum atomic E-state index is -1.01. The number of amides is 3. The van der Waals surface area contributed by atoms with Crippen molar-refractivity contribution in [1.82, 2.24) is 10.2 Å². The molecular weight excluding hydrogens is 454 g/mol. The molecule has 2 aromatic rings. The van der Waals surface area contributed by atoms with Crippen LogP contribution in [-0.4, -0.2) is 59.6 Å². The molecule has 0 aliphatic carbocycles. The lowest BCUT2D eigenvalue weighted by atomic mass is 10.1. The van der Waals surface area contributed by atoms with Gasteiger partial charge < -0.3 is 20.1 Å². The van der Waals surface area contributed by atoms with Gasteiger partial charge in [-0.15, -0.1) is 0 Å². The SMILES string of the molecule is CC(=O)N(OC1CCN(C(=O)OCc2ccccc2)CC1)c1cccc(C(=O)NCCC(=O)O)c1. The predicted molar refractivity (Wildman–Crippen MR) is 126 cm³/mol. The van der Waals surface area contributed by atoms with Crippen LogP contribution in [0.25, 0.3) is 0 Å². The number of carboxylic acids is 1. The first kappa shape index (κ1) is 25.7. The van der Waals surface area contributed by atoms with Crippen molar-refractivity contribution >= 4 is 29.6 Å². The zero-order valence-corrected chi connectivity index (χ0v) is 19.5. The molecule has 1 saturated heterocycles. The maximum Gasteiger partial charge on any atom is 0.410 e. The molecule has 0 atom stereocenters. The van der Waals surface area contributed by atoms with Gasteiger partial charge in [-0.25, -0.2) is 4.79 Å². The van der Waals surface area contributed by atoms with Gasteiger partial charge >= 0.3 is 12.1 Å². The molecule has 1 heterocycles. The van der Waals surface area contributed by atoms with Crippen molar-refractivity contribution in [2.45, 2.75) is 38.9 Å². The number of aliphatic carboxylic acids is 1. The van der Waals surface area contributed by atoms with Gasteiger partial charge in [0.1, 0.15) is 6.61 Å². The molecule has 0 bridgehead atoms. The lowest BCUT2D eigenvalue weighted by Gasteiger charge is -2.33. The summed E-state index contributed by atoms with van der Waals surface area (Å²) in [6, 6.07) is 15.8. The van der Waals surface area contributed by atoms with Crippen LogP contribution in [0.2, 0.25) is 0 Å². The zero-order valence-electron chi connectivity index (χ0n) is 19.5. The molecule has 0 saturated carbocycles. The number of nitrogens with zero attached hydrogens (tertiary/aromatic N) is 2. The quantitative estimate of drug-likeness (QED) is 0.525. The average molecular weight is 484 g/mol. The number of ether oxygens (including phenoxy) is 1. The Bertz CT molecular complexity index is 1040. The Hall–Kier alpha value is -3.92. The fraction of sp³-hybridized carbons (Fsp3) is 0.360. The Morgan fingerprint density at radius 2 is 1.77 bits per heavy atom. The van der Waals surface area contributed by atoms with Crippen LogP contribution >= 0.6 is 0 Å². The van der Waals surface area contributed by atoms with E-state index in [0.717, 1.165) is 10.6 Å². The Morgan fingerprint density at radius 3 is 2.43 bits per heavy atom. The highest BCUT2D eigenvalue weighted by Gasteiger charge is 2.27. The summed E-state index contributed by atoms with van der Waals surface area (Å²) in [6.07, 6.45) is 0.147. The van der Waals surface area contributed by atoms with Crippen molar-refractivity contribution in [2.75, 3.05) is 24.7 Å². The van der Waals surface area contributed by atoms with Crippen LogP contribution in [0.4, 0.5) is 10.5 Å². The standard InChI is InChI=1S/C25H29N3O7/c1-18(29)28(21-9-5-8-20(16-21)24(32)26-13-10-23(30)31)35-22-11-14-27(15-12-22)25(33)34-17-19-6-3-2-4-7-19/h2-9,16,22H,10-15,17H2,1H3,(H,26,32)(H,30,31). The Kier molecular flexibility index (Phi) is 9.19. The van der Waals surface area contributed by atoms with Crippen LogP contribution in [0.1, 0.15) is 42.1 Å². The van der Waals surface area contributed by atoms with E-state index in [0.29, 0.717) is 31.6 Å². The summed E-state index contributed by atoms with van der Waals surface area (Å²) in [5.41, 5.74) is 1.57. The Morgan fingerprint density at radius 1 is 1.06 bits per heavy atom. The fourth-order valence-electron chi connectivity index (χ4n) is 3.58. The normalized spacial score (nSPS) is 13.7. The molecule has 3 rings (SSSR count). The lowest BCUT2D eigenvalue weighted by Crippen LogP contribution is -2.44. The van der Waals surface area contributed by atoms with Gasteiger partial charge in [-0.05, 0) is 36.6 Å². The van der Waals surface area contributed by atoms with Crippen molar-refractivity contribution < 1.29 is 33.9 Å². The Balaban J connectivity index is 1.53. The van der Waals surface area contributed by atoms with E-state index in [1.807, 2.05) is 30.3 Å². The number of benzene rings is 2. The summed E-state index contributed by atoms with van der Waals surface area (Å²) in [7, 11) is 0. The molecule has 0 aromatic heterocycles. The van der Waals surface area contributed by atoms with Gasteiger partial charge in [0.15, 0.2) is 0 Å². The highest BCUT2D eigenvalue weighted by atomic mass is 16.7. The monoisotopic (exact) mass is 483 g/mol. The molecule has 186 valence electrons. The van der Waals surface area contributed by atoms with Gasteiger partial charge in [-0.1, -0.05) is 36.4 Å². The van der Waals surface area contributed by atoms with E-state index in [9.17, 15) is 19.2 Å². The predicted octanol–water partition coefficient (Wildman–Crippen LogP) is 2.98. The first-order chi connectivity index (χ1) is 16.8. The van der Waals surface area contributed by atoms with Gasteiger partial charge in [-0.2, -0.15) is 5.06 Å². The van der Waals surface area contributed by atoms with Crippen molar-refractivity contribution in [2.24, 2.45) is 0 Å². The molecule has 1 aliphatic heterocycles. The number of hydroxylamine groups is 1. The maximum atomic E-state index is 12.4. The fourth-order valence-corrected chi connectivity index (χ4v) is 3.58. The minimum absolute atomic E-state index is 0.00231. The van der Waals surface area contributed by atoms with Crippen LogP contribution < -0.4 is 10.4 Å². The number of piperidine rings is 1. The number of carboxylic acid groups (broad SMARTS) is 1. The van der Waals surface area contributed by atoms with Crippen LogP contribution in [-0.2, 0) is 25.8 Å². The topological polar surface area (TPSA) is 125 Å². The van der Waals surface area contributed by atoms with E-state index < -0.39 is 18.0 Å². The number of nitrogens with one attached hydrogen (secondary N) is 1. The van der Waals surface area contributed by atoms with Gasteiger partial charge in [0.05, 0.1) is 18.2 Å². The molecule has 3 amide bonds. The van der Waals surface area contributed by atoms with E-state index in [4.69, 9.17) is 14.7 Å². The second kappa shape index (κ2) is 12.5. The summed E-state index contributed by atoms with van der Waals surface area (Å²) in [4.78, 5) is 55.2. The molecule has 0 unspecified atom stereocenters. The number of hydrogen-bond donors (Lipinski definition) is 2. The Labute approximate surface area is 203 Å². The number of carbonyl (C=O) groups excluding carboxylic acids is 3. The molecular formula is C25H29N3O7. The number of anilines is 1. The van der Waals surface area contributed by atoms with Crippen LogP contribution in [0.15, 0.2) is 54.6 Å². The highest BCUT2D eigenvalue weighted by molar-refractivity contribution is 5.97. The van der Waals surface area contributed by atoms with E-state index in [2.05, 4.69) is 5.32 Å². The van der Waals surface area contributed by atoms with Gasteiger partial charge in [0.2, 0.25) is 5.91 Å². The summed E-state index contributed by atoms with van der Waals surface area (Å²) in [5.74, 6) is -1.82. The van der Waals surface area contributed by atoms with Gasteiger partial charge in [-0.3, -0.25) is 19.2 Å². The van der Waals surface area contributed by atoms with Crippen molar-refractivity contribution in [3.8, 4) is 0 Å². The zero-order chi connectivity index (χ0) is 25.2. The molecule has 2 aromatic carbocycles. The summed E-state index contributed by atoms with van der Waals surface area (Å²) in [6.45, 7) is 2.41. The highest BCUT2D eigenvalue weighted by Crippen LogP contribution is 2.22. The molecule has 1 fully saturated rings. The van der Waals surface area contributed by atoms with Gasteiger partial charge in [0, 0.05) is 32.1 Å². The second-order valence-electron chi connectivity index (χ2n) is 8.10. The molecule has 0 spiro atoms. The number of carbonyl (C=O) groups is 4. The second-order valence-corrected chi connectivity index (χ2v) is 8.10. The van der Waals surface area contributed by atoms with Crippen molar-refractivity contribution in [3.05, 3.63) is 65.7 Å². The molecule has 35 heavy (non-hydrogen) atoms. The summed E-state index contributed by atoms with van der Waals surface area (Å²) in [5, 5.41) is 12.4. The third-order valence-electron chi connectivity index (χ3n) is 5.41. The first-order valence-corrected chi connectivity index (χ1v) is 11.4. The molecule has 2 N–H and O–H groups in total. The average Bonchev–Trinajstić information content (AvgIpc) is 2.86. The smallest absolute Gasteiger partial charge is 0.410 e. The number of likely N-dealkylation sites (tertiary alicyclic amines) is 1. The molecule has 1 aliphatic rings. The molecule has 0 radical (unpaired) electrons. The lowest BCUT2D eigenvalue weighted by molar-refractivity contribution is -0.136. The van der Waals surface area contributed by atoms with E-state index in [1.165, 1.54) is 13.0 Å². The third kappa shape index (κ3) is 7.82. The van der Waals surface area contributed by atoms with Gasteiger partial charge in [0.25, 0.3) is 5.91 Å². The van der Waals surface area contributed by atoms with E-state index >= 15 is 0 Å². The largest absolute Gasteiger partial charge is 0.481 e. The summed E-state index contributed by atoms with van der Waals surface area (Å²) < 4.78 is 5.38. The van der Waals surface area contributed by atoms with Crippen LogP contribution in [0.5, 0.6) is 0 Å². The third-order valence-corrected chi connectivity index (χ3v) is 5.41. The van der Waals surface area contributed by atoms with Crippen LogP contribution in [0.3, 0.4) is 0 Å². The number of hydrogen-bond acceptors (Lipinski definition) is 6. The van der Waals surface area contributed by atoms with Crippen LogP contribution in [0, 0.1) is 0 Å². The van der Waals surface area contributed by atoms with Crippen molar-refractivity contribution in [1.29, 1.82) is 0 Å².